The van der Waals surface area contributed by atoms with E-state index in [1.807, 2.05) is 17.5 Å². The van der Waals surface area contributed by atoms with E-state index < -0.39 is 0 Å². The number of pyridine rings is 1. The second-order valence-electron chi connectivity index (χ2n) is 4.59. The number of thiazole rings is 1. The third-order valence-corrected chi connectivity index (χ3v) is 3.88. The molecule has 0 aliphatic rings. The van der Waals surface area contributed by atoms with Crippen LogP contribution in [0.15, 0.2) is 54.2 Å². The quantitative estimate of drug-likeness (QED) is 0.592. The first kappa shape index (κ1) is 13.5. The molecule has 0 atom stereocenters. The molecule has 5 heteroatoms. The van der Waals surface area contributed by atoms with E-state index in [9.17, 15) is 4.79 Å². The Bertz CT molecular complexity index is 768. The van der Waals surface area contributed by atoms with Crippen molar-refractivity contribution in [2.75, 3.05) is 5.73 Å². The average molecular weight is 295 g/mol. The largest absolute Gasteiger partial charge is 0.399 e. The number of carbonyl (C=O) groups is 1. The molecule has 104 valence electrons. The molecule has 2 aromatic heterocycles. The molecule has 0 unspecified atom stereocenters. The van der Waals surface area contributed by atoms with Gasteiger partial charge in [-0.15, -0.1) is 11.3 Å². The number of carbonyl (C=O) groups excluding carboxylic acids is 1. The van der Waals surface area contributed by atoms with Crippen LogP contribution in [0.3, 0.4) is 0 Å². The van der Waals surface area contributed by atoms with Gasteiger partial charge < -0.3 is 5.73 Å². The summed E-state index contributed by atoms with van der Waals surface area (Å²) in [5.41, 5.74) is 8.72. The molecule has 21 heavy (non-hydrogen) atoms. The van der Waals surface area contributed by atoms with Crippen LogP contribution < -0.4 is 5.73 Å². The summed E-state index contributed by atoms with van der Waals surface area (Å²) in [5.74, 6) is 0.0226. The van der Waals surface area contributed by atoms with E-state index in [2.05, 4.69) is 9.97 Å². The lowest BCUT2D eigenvalue weighted by Crippen LogP contribution is -2.03. The number of nitrogens with zero attached hydrogens (tertiary/aromatic N) is 2. The number of nitrogen functional groups attached to an aromatic ring is 1. The van der Waals surface area contributed by atoms with Gasteiger partial charge in [0.05, 0.1) is 12.1 Å². The summed E-state index contributed by atoms with van der Waals surface area (Å²) in [4.78, 5) is 20.8. The number of benzene rings is 1. The smallest absolute Gasteiger partial charge is 0.169 e. The van der Waals surface area contributed by atoms with E-state index >= 15 is 0 Å². The van der Waals surface area contributed by atoms with Gasteiger partial charge in [0.15, 0.2) is 5.78 Å². The molecule has 3 rings (SSSR count). The summed E-state index contributed by atoms with van der Waals surface area (Å²) in [7, 11) is 0. The van der Waals surface area contributed by atoms with Crippen molar-refractivity contribution >= 4 is 22.8 Å². The predicted molar refractivity (Wildman–Crippen MR) is 84.2 cm³/mol. The topological polar surface area (TPSA) is 68.9 Å². The van der Waals surface area contributed by atoms with E-state index in [0.29, 0.717) is 11.3 Å². The van der Waals surface area contributed by atoms with Gasteiger partial charge in [-0.25, -0.2) is 4.98 Å². The fourth-order valence-corrected chi connectivity index (χ4v) is 2.79. The maximum absolute atomic E-state index is 12.2. The Hall–Kier alpha value is -2.53. The molecular formula is C16H13N3OS. The van der Waals surface area contributed by atoms with E-state index in [1.165, 1.54) is 11.3 Å². The molecule has 2 N–H and O–H groups in total. The van der Waals surface area contributed by atoms with Crippen LogP contribution in [0.2, 0.25) is 0 Å². The molecule has 1 aromatic carbocycles. The minimum atomic E-state index is 0.0226. The van der Waals surface area contributed by atoms with Gasteiger partial charge in [0, 0.05) is 34.6 Å². The molecule has 2 heterocycles. The van der Waals surface area contributed by atoms with Gasteiger partial charge in [-0.2, -0.15) is 0 Å². The second-order valence-corrected chi connectivity index (χ2v) is 5.54. The number of nitrogens with two attached hydrogens (primary N) is 1. The molecule has 0 bridgehead atoms. The fourth-order valence-electron chi connectivity index (χ4n) is 1.99. The SMILES string of the molecule is Nc1cccc(C(=O)Cc2nc(-c3cccnc3)cs2)c1. The van der Waals surface area contributed by atoms with E-state index in [1.54, 1.807) is 36.7 Å². The van der Waals surface area contributed by atoms with E-state index in [0.717, 1.165) is 16.3 Å². The number of rotatable bonds is 4. The van der Waals surface area contributed by atoms with Crippen LogP contribution >= 0.6 is 11.3 Å². The van der Waals surface area contributed by atoms with Crippen LogP contribution in [-0.2, 0) is 6.42 Å². The maximum atomic E-state index is 12.2. The second kappa shape index (κ2) is 5.85. The monoisotopic (exact) mass is 295 g/mol. The number of aromatic nitrogens is 2. The lowest BCUT2D eigenvalue weighted by atomic mass is 10.1. The lowest BCUT2D eigenvalue weighted by molar-refractivity contribution is 0.0993. The highest BCUT2D eigenvalue weighted by molar-refractivity contribution is 7.10. The van der Waals surface area contributed by atoms with Crippen LogP contribution in [0.1, 0.15) is 15.4 Å². The molecule has 0 saturated carbocycles. The van der Waals surface area contributed by atoms with Crippen molar-refractivity contribution in [3.05, 3.63) is 64.7 Å². The first-order chi connectivity index (χ1) is 10.2. The minimum absolute atomic E-state index is 0.0226. The zero-order valence-electron chi connectivity index (χ0n) is 11.2. The minimum Gasteiger partial charge on any atom is -0.399 e. The van der Waals surface area contributed by atoms with E-state index in [-0.39, 0.29) is 12.2 Å². The van der Waals surface area contributed by atoms with Crippen LogP contribution in [0.5, 0.6) is 0 Å². The molecule has 0 fully saturated rings. The Kier molecular flexibility index (Phi) is 3.75. The van der Waals surface area contributed by atoms with E-state index in [4.69, 9.17) is 5.73 Å². The standard InChI is InChI=1S/C16H13N3OS/c17-13-5-1-3-11(7-13)15(20)8-16-19-14(10-21-16)12-4-2-6-18-9-12/h1-7,9-10H,8,17H2. The number of hydrogen-bond acceptors (Lipinski definition) is 5. The van der Waals surface area contributed by atoms with Gasteiger partial charge in [0.25, 0.3) is 0 Å². The number of anilines is 1. The van der Waals surface area contributed by atoms with Crippen molar-refractivity contribution in [1.82, 2.24) is 9.97 Å². The highest BCUT2D eigenvalue weighted by atomic mass is 32.1. The summed E-state index contributed by atoms with van der Waals surface area (Å²) in [6.45, 7) is 0. The summed E-state index contributed by atoms with van der Waals surface area (Å²) >= 11 is 1.48. The first-order valence-corrected chi connectivity index (χ1v) is 7.34. The predicted octanol–water partition coefficient (Wildman–Crippen LogP) is 3.21. The van der Waals surface area contributed by atoms with Gasteiger partial charge in [-0.1, -0.05) is 12.1 Å². The summed E-state index contributed by atoms with van der Waals surface area (Å²) < 4.78 is 0. The van der Waals surface area contributed by atoms with Gasteiger partial charge in [-0.3, -0.25) is 9.78 Å². The van der Waals surface area contributed by atoms with Crippen LogP contribution in [0.25, 0.3) is 11.3 Å². The van der Waals surface area contributed by atoms with Gasteiger partial charge in [-0.05, 0) is 24.3 Å². The average Bonchev–Trinajstić information content (AvgIpc) is 2.97. The highest BCUT2D eigenvalue weighted by Gasteiger charge is 2.11. The molecular weight excluding hydrogens is 282 g/mol. The van der Waals surface area contributed by atoms with Gasteiger partial charge in [0.1, 0.15) is 5.01 Å². The van der Waals surface area contributed by atoms with Gasteiger partial charge >= 0.3 is 0 Å². The number of hydrogen-bond donors (Lipinski definition) is 1. The molecule has 0 aliphatic carbocycles. The molecule has 0 saturated heterocycles. The Labute approximate surface area is 126 Å². The highest BCUT2D eigenvalue weighted by Crippen LogP contribution is 2.22. The van der Waals surface area contributed by atoms with Crippen molar-refractivity contribution in [2.45, 2.75) is 6.42 Å². The zero-order valence-corrected chi connectivity index (χ0v) is 12.0. The molecule has 0 radical (unpaired) electrons. The van der Waals surface area contributed by atoms with Crippen molar-refractivity contribution in [2.24, 2.45) is 0 Å². The summed E-state index contributed by atoms with van der Waals surface area (Å²) in [5, 5.41) is 2.74. The Morgan fingerprint density at radius 3 is 2.90 bits per heavy atom. The lowest BCUT2D eigenvalue weighted by Gasteiger charge is -2.00. The van der Waals surface area contributed by atoms with Crippen molar-refractivity contribution < 1.29 is 4.79 Å². The maximum Gasteiger partial charge on any atom is 0.169 e. The summed E-state index contributed by atoms with van der Waals surface area (Å²) in [6.07, 6.45) is 3.77. The van der Waals surface area contributed by atoms with Crippen LogP contribution in [0.4, 0.5) is 5.69 Å². The fraction of sp³-hybridized carbons (Fsp3) is 0.0625. The number of ketones is 1. The van der Waals surface area contributed by atoms with Crippen LogP contribution in [-0.4, -0.2) is 15.8 Å². The zero-order chi connectivity index (χ0) is 14.7. The van der Waals surface area contributed by atoms with Crippen molar-refractivity contribution in [3.63, 3.8) is 0 Å². The Morgan fingerprint density at radius 2 is 2.14 bits per heavy atom. The molecule has 0 aliphatic heterocycles. The molecule has 0 amide bonds. The van der Waals surface area contributed by atoms with Crippen molar-refractivity contribution in [1.29, 1.82) is 0 Å². The normalized spacial score (nSPS) is 10.5. The number of Topliss-reactive ketones (excluding diaryl/α,β-unsaturated/α-hetero) is 1. The third kappa shape index (κ3) is 3.14. The Balaban J connectivity index is 1.77. The van der Waals surface area contributed by atoms with Crippen molar-refractivity contribution in [3.8, 4) is 11.3 Å². The molecule has 0 spiro atoms. The molecule has 3 aromatic rings. The van der Waals surface area contributed by atoms with Gasteiger partial charge in [0.2, 0.25) is 0 Å². The Morgan fingerprint density at radius 1 is 1.24 bits per heavy atom. The van der Waals surface area contributed by atoms with Crippen LogP contribution in [0, 0.1) is 0 Å². The summed E-state index contributed by atoms with van der Waals surface area (Å²) in [6, 6.07) is 10.8. The first-order valence-electron chi connectivity index (χ1n) is 6.46. The molecule has 4 nitrogen and oxygen atoms in total. The third-order valence-electron chi connectivity index (χ3n) is 3.03.